The Morgan fingerprint density at radius 2 is 2.20 bits per heavy atom. The third-order valence-corrected chi connectivity index (χ3v) is 3.04. The van der Waals surface area contributed by atoms with Crippen LogP contribution in [0.3, 0.4) is 0 Å². The van der Waals surface area contributed by atoms with Gasteiger partial charge in [0.05, 0.1) is 11.3 Å². The molecule has 7 nitrogen and oxygen atoms in total. The van der Waals surface area contributed by atoms with E-state index in [4.69, 9.17) is 9.66 Å². The van der Waals surface area contributed by atoms with E-state index >= 15 is 0 Å². The van der Waals surface area contributed by atoms with E-state index in [0.717, 1.165) is 0 Å². The van der Waals surface area contributed by atoms with Gasteiger partial charge in [0.1, 0.15) is 6.54 Å². The van der Waals surface area contributed by atoms with Crippen molar-refractivity contribution in [3.8, 4) is 0 Å². The second-order valence-corrected chi connectivity index (χ2v) is 4.43. The summed E-state index contributed by atoms with van der Waals surface area (Å²) in [4.78, 5) is 21.5. The fraction of sp³-hybridized carbons (Fsp3) is 0.714. The number of rotatable bonds is 4. The minimum Gasteiger partial charge on any atom is -0.480 e. The molecule has 4 N–H and O–H groups in total. The summed E-state index contributed by atoms with van der Waals surface area (Å²) in [6, 6.07) is -0.578. The molecule has 1 aliphatic heterocycles. The van der Waals surface area contributed by atoms with Crippen LogP contribution < -0.4 is 10.6 Å². The van der Waals surface area contributed by atoms with Crippen LogP contribution in [0.15, 0.2) is 0 Å². The highest BCUT2D eigenvalue weighted by Crippen LogP contribution is 2.11. The highest BCUT2D eigenvalue weighted by Gasteiger charge is 2.32. The number of carbonyl (C=O) groups is 2. The van der Waals surface area contributed by atoms with Crippen LogP contribution >= 0.6 is 0 Å². The number of carboxylic acid groups (broad SMARTS) is 1. The summed E-state index contributed by atoms with van der Waals surface area (Å²) in [5.41, 5.74) is 0. The molecule has 3 atom stereocenters. The topological polar surface area (TPSA) is 116 Å². The van der Waals surface area contributed by atoms with E-state index in [2.05, 4.69) is 10.6 Å². The third kappa shape index (κ3) is 3.57. The first-order chi connectivity index (χ1) is 7.00. The van der Waals surface area contributed by atoms with Crippen molar-refractivity contribution in [1.82, 2.24) is 10.6 Å². The van der Waals surface area contributed by atoms with Gasteiger partial charge in [-0.05, 0) is 6.42 Å². The van der Waals surface area contributed by atoms with Crippen LogP contribution in [0.5, 0.6) is 0 Å². The van der Waals surface area contributed by atoms with E-state index in [1.807, 2.05) is 0 Å². The van der Waals surface area contributed by atoms with Crippen molar-refractivity contribution in [3.63, 3.8) is 0 Å². The van der Waals surface area contributed by atoms with E-state index in [1.54, 1.807) is 0 Å². The zero-order valence-corrected chi connectivity index (χ0v) is 8.62. The third-order valence-electron chi connectivity index (χ3n) is 2.11. The Hall–Kier alpha value is -0.990. The smallest absolute Gasteiger partial charge is 0.322 e. The van der Waals surface area contributed by atoms with Gasteiger partial charge in [-0.2, -0.15) is 0 Å². The lowest BCUT2D eigenvalue weighted by atomic mass is 10.2. The summed E-state index contributed by atoms with van der Waals surface area (Å²) in [6.07, 6.45) is 0.245. The summed E-state index contributed by atoms with van der Waals surface area (Å²) in [7, 11) is 0. The van der Waals surface area contributed by atoms with Crippen LogP contribution in [0.4, 0.5) is 0 Å². The molecule has 1 fully saturated rings. The van der Waals surface area contributed by atoms with E-state index < -0.39 is 40.8 Å². The van der Waals surface area contributed by atoms with Crippen molar-refractivity contribution in [2.75, 3.05) is 13.1 Å². The fourth-order valence-electron chi connectivity index (χ4n) is 1.34. The van der Waals surface area contributed by atoms with E-state index in [0.29, 0.717) is 0 Å². The maximum absolute atomic E-state index is 11.3. The average Bonchev–Trinajstić information content (AvgIpc) is 2.62. The zero-order chi connectivity index (χ0) is 11.4. The van der Waals surface area contributed by atoms with Crippen LogP contribution in [0, 0.1) is 0 Å². The summed E-state index contributed by atoms with van der Waals surface area (Å²) < 4.78 is 19.5. The predicted octanol–water partition coefficient (Wildman–Crippen LogP) is -1.86. The fourth-order valence-corrected chi connectivity index (χ4v) is 1.94. The lowest BCUT2D eigenvalue weighted by Gasteiger charge is -2.08. The summed E-state index contributed by atoms with van der Waals surface area (Å²) >= 11 is -1.95. The minimum absolute atomic E-state index is 0.245. The molecular formula is C7H12N2O5S. The molecule has 1 saturated heterocycles. The van der Waals surface area contributed by atoms with Gasteiger partial charge in [-0.25, -0.2) is 4.21 Å². The molecule has 15 heavy (non-hydrogen) atoms. The van der Waals surface area contributed by atoms with Gasteiger partial charge in [-0.15, -0.1) is 0 Å². The number of carbonyl (C=O) groups excluding carboxylic acids is 1. The first kappa shape index (κ1) is 12.1. The van der Waals surface area contributed by atoms with E-state index in [-0.39, 0.29) is 13.0 Å². The summed E-state index contributed by atoms with van der Waals surface area (Å²) in [6.45, 7) is -0.155. The number of carboxylic acids is 1. The molecule has 8 heteroatoms. The lowest BCUT2D eigenvalue weighted by Crippen LogP contribution is -2.42. The minimum atomic E-state index is -1.95. The first-order valence-electron chi connectivity index (χ1n) is 4.33. The number of hydrogen-bond donors (Lipinski definition) is 4. The Morgan fingerprint density at radius 1 is 1.53 bits per heavy atom. The molecule has 0 saturated carbocycles. The molecule has 0 radical (unpaired) electrons. The van der Waals surface area contributed by atoms with Crippen LogP contribution in [-0.4, -0.2) is 50.1 Å². The molecule has 0 aromatic rings. The van der Waals surface area contributed by atoms with Crippen LogP contribution in [0.25, 0.3) is 0 Å². The van der Waals surface area contributed by atoms with Gasteiger partial charge in [0.15, 0.2) is 11.1 Å². The van der Waals surface area contributed by atoms with Crippen molar-refractivity contribution in [2.24, 2.45) is 0 Å². The van der Waals surface area contributed by atoms with Crippen molar-refractivity contribution >= 4 is 23.0 Å². The normalized spacial score (nSPS) is 27.3. The Kier molecular flexibility index (Phi) is 4.18. The maximum Gasteiger partial charge on any atom is 0.322 e. The molecule has 1 amide bonds. The Morgan fingerprint density at radius 3 is 2.67 bits per heavy atom. The molecule has 0 spiro atoms. The van der Waals surface area contributed by atoms with Gasteiger partial charge in [0, 0.05) is 6.54 Å². The van der Waals surface area contributed by atoms with Crippen LogP contribution in [0.1, 0.15) is 6.42 Å². The van der Waals surface area contributed by atoms with Gasteiger partial charge < -0.3 is 20.3 Å². The molecule has 0 aromatic carbocycles. The predicted molar refractivity (Wildman–Crippen MR) is 51.6 cm³/mol. The monoisotopic (exact) mass is 236 g/mol. The highest BCUT2D eigenvalue weighted by molar-refractivity contribution is 7.79. The highest BCUT2D eigenvalue weighted by atomic mass is 32.2. The average molecular weight is 236 g/mol. The second kappa shape index (κ2) is 5.19. The molecule has 0 bridgehead atoms. The molecular weight excluding hydrogens is 224 g/mol. The maximum atomic E-state index is 11.3. The standard InChI is InChI=1S/C7H12N2O5S/c10-6(11)3-9-7(12)5-1-4(2-8-5)15(13)14/h4-5,8H,1-3H2,(H,9,12)(H,10,11)(H,13,14). The van der Waals surface area contributed by atoms with Gasteiger partial charge in [0.2, 0.25) is 5.91 Å². The molecule has 1 aliphatic rings. The Bertz CT molecular complexity index is 295. The molecule has 1 rings (SSSR count). The number of nitrogens with one attached hydrogen (secondary N) is 2. The van der Waals surface area contributed by atoms with Crippen molar-refractivity contribution in [1.29, 1.82) is 0 Å². The van der Waals surface area contributed by atoms with Crippen LogP contribution in [-0.2, 0) is 20.7 Å². The molecule has 0 aliphatic carbocycles. The van der Waals surface area contributed by atoms with E-state index in [9.17, 15) is 13.8 Å². The quantitative estimate of drug-likeness (QED) is 0.425. The molecule has 1 heterocycles. The lowest BCUT2D eigenvalue weighted by molar-refractivity contribution is -0.138. The van der Waals surface area contributed by atoms with Gasteiger partial charge in [-0.1, -0.05) is 0 Å². The molecule has 3 unspecified atom stereocenters. The van der Waals surface area contributed by atoms with Gasteiger partial charge in [-0.3, -0.25) is 9.59 Å². The number of aliphatic carboxylic acids is 1. The number of amides is 1. The van der Waals surface area contributed by atoms with Crippen LogP contribution in [0.2, 0.25) is 0 Å². The summed E-state index contributed by atoms with van der Waals surface area (Å²) in [5.74, 6) is -1.58. The second-order valence-electron chi connectivity index (χ2n) is 3.21. The zero-order valence-electron chi connectivity index (χ0n) is 7.80. The Labute approximate surface area is 88.5 Å². The van der Waals surface area contributed by atoms with Crippen molar-refractivity contribution in [2.45, 2.75) is 17.7 Å². The Balaban J connectivity index is 2.36. The van der Waals surface area contributed by atoms with E-state index in [1.165, 1.54) is 0 Å². The largest absolute Gasteiger partial charge is 0.480 e. The number of hydrogen-bond acceptors (Lipinski definition) is 4. The van der Waals surface area contributed by atoms with Gasteiger partial charge >= 0.3 is 5.97 Å². The first-order valence-corrected chi connectivity index (χ1v) is 5.50. The van der Waals surface area contributed by atoms with Crippen molar-refractivity contribution in [3.05, 3.63) is 0 Å². The SMILES string of the molecule is O=C(O)CNC(=O)C1CC(S(=O)O)CN1. The van der Waals surface area contributed by atoms with Gasteiger partial charge in [0.25, 0.3) is 0 Å². The molecule has 86 valence electrons. The summed E-state index contributed by atoms with van der Waals surface area (Å²) in [5, 5.41) is 12.8. The molecule has 0 aromatic heterocycles. The van der Waals surface area contributed by atoms with Crippen molar-refractivity contribution < 1.29 is 23.5 Å².